The second-order valence-electron chi connectivity index (χ2n) is 8.76. The van der Waals surface area contributed by atoms with Crippen LogP contribution in [-0.4, -0.2) is 26.4 Å². The van der Waals surface area contributed by atoms with Crippen molar-refractivity contribution >= 4 is 48.2 Å². The number of hydrogen-bond donors (Lipinski definition) is 0. The van der Waals surface area contributed by atoms with Crippen molar-refractivity contribution in [3.8, 4) is 11.1 Å². The summed E-state index contributed by atoms with van der Waals surface area (Å²) in [6, 6.07) is 19.9. The molecule has 0 bridgehead atoms. The molecule has 6 nitrogen and oxygen atoms in total. The Morgan fingerprint density at radius 3 is 1.85 bits per heavy atom. The molecule has 0 atom stereocenters. The van der Waals surface area contributed by atoms with Crippen molar-refractivity contribution in [3.05, 3.63) is 87.9 Å². The maximum atomic E-state index is 15.2. The van der Waals surface area contributed by atoms with E-state index in [1.54, 1.807) is 43.8 Å². The van der Waals surface area contributed by atoms with Gasteiger partial charge in [0.15, 0.2) is 0 Å². The summed E-state index contributed by atoms with van der Waals surface area (Å²) in [5.41, 5.74) is -0.423. The van der Waals surface area contributed by atoms with Gasteiger partial charge in [-0.1, -0.05) is 64.5 Å². The molecule has 3 aromatic carbocycles. The predicted molar refractivity (Wildman–Crippen MR) is 166 cm³/mol. The molecule has 0 spiro atoms. The third-order valence-electron chi connectivity index (χ3n) is 5.88. The molecule has 0 unspecified atom stereocenters. The van der Waals surface area contributed by atoms with Gasteiger partial charge in [-0.05, 0) is 68.1 Å². The van der Waals surface area contributed by atoms with Crippen LogP contribution in [0.25, 0.3) is 11.1 Å². The summed E-state index contributed by atoms with van der Waals surface area (Å²) in [6.07, 6.45) is 0. The third-order valence-corrected chi connectivity index (χ3v) is 11.8. The van der Waals surface area contributed by atoms with E-state index >= 15 is 8.78 Å². The highest BCUT2D eigenvalue weighted by molar-refractivity contribution is 9.10. The Morgan fingerprint density at radius 1 is 0.732 bits per heavy atom. The minimum absolute atomic E-state index is 0.144. The Morgan fingerprint density at radius 2 is 1.29 bits per heavy atom. The fraction of sp³-hybridized carbons (Fsp3) is 0.379. The summed E-state index contributed by atoms with van der Waals surface area (Å²) in [7, 11) is -8.07. The number of benzene rings is 3. The number of halogens is 3. The van der Waals surface area contributed by atoms with Crippen molar-refractivity contribution in [3.63, 3.8) is 0 Å². The fourth-order valence-electron chi connectivity index (χ4n) is 4.04. The Kier molecular flexibility index (Phi) is 12.8. The van der Waals surface area contributed by atoms with Crippen molar-refractivity contribution in [1.82, 2.24) is 0 Å². The average Bonchev–Trinajstić information content (AvgIpc) is 2.94. The van der Waals surface area contributed by atoms with E-state index in [9.17, 15) is 9.13 Å². The second kappa shape index (κ2) is 15.4. The highest BCUT2D eigenvalue weighted by Crippen LogP contribution is 2.67. The Bertz CT molecular complexity index is 1370. The van der Waals surface area contributed by atoms with Crippen LogP contribution in [0.3, 0.4) is 0 Å². The zero-order valence-corrected chi connectivity index (χ0v) is 27.7. The first-order chi connectivity index (χ1) is 19.5. The van der Waals surface area contributed by atoms with Gasteiger partial charge in [0, 0.05) is 21.5 Å². The highest BCUT2D eigenvalue weighted by Gasteiger charge is 2.55. The van der Waals surface area contributed by atoms with Gasteiger partial charge in [-0.25, -0.2) is 0 Å². The molecular weight excluding hydrogens is 656 g/mol. The van der Waals surface area contributed by atoms with E-state index in [0.29, 0.717) is 16.8 Å². The number of thioether (sulfide) groups is 1. The Balaban J connectivity index is 1.66. The first kappa shape index (κ1) is 34.1. The lowest BCUT2D eigenvalue weighted by Gasteiger charge is -2.26. The zero-order valence-electron chi connectivity index (χ0n) is 23.5. The fourth-order valence-corrected chi connectivity index (χ4v) is 9.00. The van der Waals surface area contributed by atoms with Crippen molar-refractivity contribution < 1.29 is 36.0 Å². The van der Waals surface area contributed by atoms with Gasteiger partial charge in [-0.2, -0.15) is 20.5 Å². The predicted octanol–water partition coefficient (Wildman–Crippen LogP) is 9.76. The topological polar surface area (TPSA) is 71.1 Å². The van der Waals surface area contributed by atoms with Crippen LogP contribution in [0.1, 0.15) is 44.4 Å². The molecule has 0 radical (unpaired) electrons. The van der Waals surface area contributed by atoms with E-state index in [4.69, 9.17) is 18.1 Å². The standard InChI is InChI=1S/C29H35BrF2O6P2S/c1-5-35-39(33,36-6-2)26-11-9-10-25(19-26)24-15-12-22(13-16-24)20-41-21-23-14-17-27(28(30)18-23)29(31,32)40(34,37-7-3)38-8-4/h9-19H,5-8,20-21H2,1-4H3. The van der Waals surface area contributed by atoms with Crippen LogP contribution >= 0.6 is 42.9 Å². The lowest BCUT2D eigenvalue weighted by Crippen LogP contribution is -2.19. The SMILES string of the molecule is CCOP(=O)(OCC)c1cccc(-c2ccc(CSCc3ccc(C(F)(F)P(=O)(OCC)OCC)c(Br)c3)cc2)c1. The van der Waals surface area contributed by atoms with E-state index < -0.39 is 26.4 Å². The van der Waals surface area contributed by atoms with E-state index in [1.165, 1.54) is 19.9 Å². The maximum Gasteiger partial charge on any atom is 0.404 e. The van der Waals surface area contributed by atoms with Crippen LogP contribution in [-0.2, 0) is 44.4 Å². The normalized spacial score (nSPS) is 12.6. The minimum atomic E-state index is -4.69. The third kappa shape index (κ3) is 8.39. The van der Waals surface area contributed by atoms with Gasteiger partial charge in [-0.15, -0.1) is 0 Å². The molecule has 3 aromatic rings. The van der Waals surface area contributed by atoms with Crippen molar-refractivity contribution in [2.45, 2.75) is 44.9 Å². The first-order valence-corrected chi connectivity index (χ1v) is 18.3. The smallest absolute Gasteiger partial charge is 0.305 e. The highest BCUT2D eigenvalue weighted by atomic mass is 79.9. The van der Waals surface area contributed by atoms with Gasteiger partial charge in [0.2, 0.25) is 0 Å². The first-order valence-electron chi connectivity index (χ1n) is 13.3. The molecule has 0 aliphatic carbocycles. The van der Waals surface area contributed by atoms with Crippen LogP contribution in [0.15, 0.2) is 71.2 Å². The van der Waals surface area contributed by atoms with Crippen molar-refractivity contribution in [1.29, 1.82) is 0 Å². The molecule has 0 fully saturated rings. The molecule has 224 valence electrons. The Labute approximate surface area is 253 Å². The lowest BCUT2D eigenvalue weighted by molar-refractivity contribution is 0.0354. The van der Waals surface area contributed by atoms with Crippen molar-refractivity contribution in [2.75, 3.05) is 26.4 Å². The molecule has 0 heterocycles. The summed E-state index contributed by atoms with van der Waals surface area (Å²) < 4.78 is 77.2. The van der Waals surface area contributed by atoms with E-state index in [0.717, 1.165) is 22.3 Å². The van der Waals surface area contributed by atoms with Crippen LogP contribution in [0, 0.1) is 0 Å². The van der Waals surface area contributed by atoms with Crippen molar-refractivity contribution in [2.24, 2.45) is 0 Å². The molecule has 12 heteroatoms. The van der Waals surface area contributed by atoms with Crippen LogP contribution < -0.4 is 5.30 Å². The van der Waals surface area contributed by atoms with E-state index in [2.05, 4.69) is 15.9 Å². The summed E-state index contributed by atoms with van der Waals surface area (Å²) >= 11 is 4.86. The number of alkyl halides is 2. The van der Waals surface area contributed by atoms with Gasteiger partial charge in [0.1, 0.15) is 0 Å². The summed E-state index contributed by atoms with van der Waals surface area (Å²) in [5.74, 6) is 1.30. The monoisotopic (exact) mass is 690 g/mol. The number of hydrogen-bond acceptors (Lipinski definition) is 7. The molecule has 0 saturated carbocycles. The Hall–Kier alpha value is -1.35. The molecule has 0 aliphatic rings. The second-order valence-corrected chi connectivity index (χ2v) is 14.7. The minimum Gasteiger partial charge on any atom is -0.305 e. The average molecular weight is 692 g/mol. The van der Waals surface area contributed by atoms with Gasteiger partial charge in [-0.3, -0.25) is 9.13 Å². The summed E-state index contributed by atoms with van der Waals surface area (Å²) in [6.45, 7) is 6.81. The van der Waals surface area contributed by atoms with E-state index in [1.807, 2.05) is 42.5 Å². The molecule has 0 N–H and O–H groups in total. The molecule has 3 rings (SSSR count). The quantitative estimate of drug-likeness (QED) is 0.139. The lowest BCUT2D eigenvalue weighted by atomic mass is 10.0. The maximum absolute atomic E-state index is 15.2. The van der Waals surface area contributed by atoms with Gasteiger partial charge >= 0.3 is 20.9 Å². The molecular formula is C29H35BrF2O6P2S. The van der Waals surface area contributed by atoms with Crippen LogP contribution in [0.2, 0.25) is 0 Å². The van der Waals surface area contributed by atoms with Gasteiger partial charge in [0.05, 0.1) is 31.7 Å². The van der Waals surface area contributed by atoms with Crippen LogP contribution in [0.4, 0.5) is 8.78 Å². The van der Waals surface area contributed by atoms with Gasteiger partial charge < -0.3 is 18.1 Å². The molecule has 0 aliphatic heterocycles. The molecule has 0 aromatic heterocycles. The molecule has 0 amide bonds. The largest absolute Gasteiger partial charge is 0.404 e. The zero-order chi connectivity index (χ0) is 30.1. The molecule has 41 heavy (non-hydrogen) atoms. The van der Waals surface area contributed by atoms with E-state index in [-0.39, 0.29) is 30.9 Å². The summed E-state index contributed by atoms with van der Waals surface area (Å²) in [5, 5.41) is 0.520. The van der Waals surface area contributed by atoms with Crippen LogP contribution in [0.5, 0.6) is 0 Å². The van der Waals surface area contributed by atoms with Gasteiger partial charge in [0.25, 0.3) is 0 Å². The molecule has 0 saturated heterocycles. The number of rotatable bonds is 16. The summed E-state index contributed by atoms with van der Waals surface area (Å²) in [4.78, 5) is 0.